The van der Waals surface area contributed by atoms with E-state index in [2.05, 4.69) is 6.92 Å². The second-order valence-electron chi connectivity index (χ2n) is 12.5. The highest BCUT2D eigenvalue weighted by atomic mass is 35.5. The fourth-order valence-electron chi connectivity index (χ4n) is 6.47. The molecule has 1 heterocycles. The summed E-state index contributed by atoms with van der Waals surface area (Å²) in [6, 6.07) is 13.2. The first-order valence-electron chi connectivity index (χ1n) is 16.2. The highest BCUT2D eigenvalue weighted by Gasteiger charge is 2.52. The Hall–Kier alpha value is -3.63. The topological polar surface area (TPSA) is 124 Å². The number of benzene rings is 2. The molecule has 4 rings (SSSR count). The highest BCUT2D eigenvalue weighted by Crippen LogP contribution is 2.41. The molecule has 0 aromatic heterocycles. The summed E-state index contributed by atoms with van der Waals surface area (Å²) in [5, 5.41) is 0.516. The Bertz CT molecular complexity index is 1400. The first-order chi connectivity index (χ1) is 22.4. The molecule has 11 heteroatoms. The lowest BCUT2D eigenvalue weighted by Crippen LogP contribution is -2.59. The monoisotopic (exact) mass is 672 g/mol. The van der Waals surface area contributed by atoms with Crippen LogP contribution in [0.25, 0.3) is 0 Å². The maximum Gasteiger partial charge on any atom is 0.303 e. The molecule has 5 atom stereocenters. The molecule has 47 heavy (non-hydrogen) atoms. The van der Waals surface area contributed by atoms with Gasteiger partial charge >= 0.3 is 23.9 Å². The third-order valence-electron chi connectivity index (χ3n) is 8.92. The van der Waals surface area contributed by atoms with Gasteiger partial charge in [0.2, 0.25) is 0 Å². The van der Waals surface area contributed by atoms with E-state index < -0.39 is 54.4 Å². The summed E-state index contributed by atoms with van der Waals surface area (Å²) in [6.45, 7) is 7.48. The average molecular weight is 673 g/mol. The molecular formula is C36H45ClO10. The maximum atomic E-state index is 12.3. The van der Waals surface area contributed by atoms with Gasteiger partial charge in [0.15, 0.2) is 18.3 Å². The van der Waals surface area contributed by atoms with E-state index in [1.807, 2.05) is 30.3 Å². The normalized spacial score (nSPS) is 23.7. The minimum Gasteiger partial charge on any atom is -0.493 e. The number of hydrogen-bond acceptors (Lipinski definition) is 10. The number of halogens is 1. The Morgan fingerprint density at radius 1 is 0.809 bits per heavy atom. The van der Waals surface area contributed by atoms with Gasteiger partial charge in [-0.2, -0.15) is 0 Å². The van der Waals surface area contributed by atoms with Gasteiger partial charge in [-0.3, -0.25) is 19.2 Å². The van der Waals surface area contributed by atoms with E-state index in [0.717, 1.165) is 23.3 Å². The Balaban J connectivity index is 1.59. The van der Waals surface area contributed by atoms with Crippen molar-refractivity contribution in [2.45, 2.75) is 110 Å². The van der Waals surface area contributed by atoms with Gasteiger partial charge < -0.3 is 28.4 Å². The van der Waals surface area contributed by atoms with Crippen LogP contribution in [0.2, 0.25) is 5.02 Å². The van der Waals surface area contributed by atoms with Gasteiger partial charge in [-0.15, -0.1) is 0 Å². The van der Waals surface area contributed by atoms with Crippen molar-refractivity contribution in [1.82, 2.24) is 0 Å². The van der Waals surface area contributed by atoms with Gasteiger partial charge in [-0.1, -0.05) is 62.1 Å². The third-order valence-corrected chi connectivity index (χ3v) is 9.29. The summed E-state index contributed by atoms with van der Waals surface area (Å²) in [6.07, 6.45) is 2.10. The van der Waals surface area contributed by atoms with Gasteiger partial charge in [0, 0.05) is 38.1 Å². The summed E-state index contributed by atoms with van der Waals surface area (Å²) in [5.41, 5.74) is 2.60. The minimum absolute atomic E-state index is 0.250. The van der Waals surface area contributed by atoms with Crippen LogP contribution in [0.15, 0.2) is 42.5 Å². The minimum atomic E-state index is -1.26. The molecule has 1 aliphatic heterocycles. The standard InChI is InChI=1S/C36H45ClO10/c1-6-36(16-8-7-9-17-36)21-43-29-13-10-26(11-14-29)18-28-19-27(12-15-30(28)37)32-34(45-24(4)40)35(46-25(5)41)33(44-23(3)39)31(47-32)20-42-22(2)38/h10-15,19,31-35H,6-9,16-18,20-21H2,1-5H3/t31-,32+,33-,34+,35+/m1/s1. The van der Waals surface area contributed by atoms with Gasteiger partial charge in [0.25, 0.3) is 0 Å². The first-order valence-corrected chi connectivity index (χ1v) is 16.6. The summed E-state index contributed by atoms with van der Waals surface area (Å²) in [7, 11) is 0. The zero-order chi connectivity index (χ0) is 34.1. The van der Waals surface area contributed by atoms with Crippen LogP contribution in [0.1, 0.15) is 95.9 Å². The van der Waals surface area contributed by atoms with Gasteiger partial charge in [-0.25, -0.2) is 0 Å². The number of esters is 4. The number of hydrogen-bond donors (Lipinski definition) is 0. The van der Waals surface area contributed by atoms with E-state index in [-0.39, 0.29) is 12.0 Å². The molecule has 0 bridgehead atoms. The van der Waals surface area contributed by atoms with E-state index in [1.54, 1.807) is 12.1 Å². The van der Waals surface area contributed by atoms with Crippen LogP contribution >= 0.6 is 11.6 Å². The van der Waals surface area contributed by atoms with Crippen LogP contribution in [0.5, 0.6) is 5.75 Å². The highest BCUT2D eigenvalue weighted by molar-refractivity contribution is 6.31. The lowest BCUT2D eigenvalue weighted by molar-refractivity contribution is -0.254. The van der Waals surface area contributed by atoms with Crippen LogP contribution in [0, 0.1) is 5.41 Å². The molecule has 1 aliphatic carbocycles. The lowest BCUT2D eigenvalue weighted by Gasteiger charge is -2.44. The van der Waals surface area contributed by atoms with E-state index in [4.69, 9.17) is 40.0 Å². The summed E-state index contributed by atoms with van der Waals surface area (Å²) >= 11 is 6.66. The van der Waals surface area contributed by atoms with Crippen LogP contribution in [0.3, 0.4) is 0 Å². The zero-order valence-corrected chi connectivity index (χ0v) is 28.5. The molecule has 256 valence electrons. The van der Waals surface area contributed by atoms with Crippen molar-refractivity contribution in [3.8, 4) is 5.75 Å². The average Bonchev–Trinajstić information content (AvgIpc) is 3.02. The van der Waals surface area contributed by atoms with E-state index in [9.17, 15) is 19.2 Å². The quantitative estimate of drug-likeness (QED) is 0.183. The van der Waals surface area contributed by atoms with Crippen molar-refractivity contribution in [3.05, 3.63) is 64.2 Å². The molecule has 2 aromatic rings. The molecule has 0 amide bonds. The number of carbonyl (C=O) groups is 4. The van der Waals surface area contributed by atoms with Gasteiger partial charge in [0.1, 0.15) is 24.6 Å². The van der Waals surface area contributed by atoms with Crippen molar-refractivity contribution in [2.24, 2.45) is 5.41 Å². The Morgan fingerprint density at radius 3 is 2.02 bits per heavy atom. The van der Waals surface area contributed by atoms with Crippen LogP contribution in [-0.4, -0.2) is 61.5 Å². The third kappa shape index (κ3) is 9.93. The van der Waals surface area contributed by atoms with E-state index >= 15 is 0 Å². The van der Waals surface area contributed by atoms with Crippen molar-refractivity contribution in [3.63, 3.8) is 0 Å². The number of carbonyl (C=O) groups excluding carboxylic acids is 4. The molecule has 2 aromatic carbocycles. The molecule has 0 unspecified atom stereocenters. The molecule has 0 spiro atoms. The molecule has 2 fully saturated rings. The number of ether oxygens (including phenoxy) is 6. The smallest absolute Gasteiger partial charge is 0.303 e. The van der Waals surface area contributed by atoms with Crippen molar-refractivity contribution in [2.75, 3.05) is 13.2 Å². The molecular weight excluding hydrogens is 628 g/mol. The van der Waals surface area contributed by atoms with Crippen LogP contribution in [0.4, 0.5) is 0 Å². The van der Waals surface area contributed by atoms with Crippen molar-refractivity contribution >= 4 is 35.5 Å². The van der Waals surface area contributed by atoms with Crippen molar-refractivity contribution in [1.29, 1.82) is 0 Å². The number of rotatable bonds is 12. The zero-order valence-electron chi connectivity index (χ0n) is 27.8. The molecule has 1 saturated carbocycles. The summed E-state index contributed by atoms with van der Waals surface area (Å²) in [5.74, 6) is -1.80. The maximum absolute atomic E-state index is 12.3. The molecule has 1 saturated heterocycles. The molecule has 0 radical (unpaired) electrons. The Morgan fingerprint density at radius 2 is 1.43 bits per heavy atom. The SMILES string of the molecule is CCC1(COc2ccc(Cc3cc([C@@H]4O[C@H](COC(C)=O)[C@@H](OC(C)=O)[C@H](OC(C)=O)[C@H]4OC(C)=O)ccc3Cl)cc2)CCCCC1. The summed E-state index contributed by atoms with van der Waals surface area (Å²) in [4.78, 5) is 48.2. The van der Waals surface area contributed by atoms with E-state index in [1.165, 1.54) is 59.8 Å². The molecule has 0 N–H and O–H groups in total. The fourth-order valence-corrected chi connectivity index (χ4v) is 6.65. The van der Waals surface area contributed by atoms with Crippen LogP contribution < -0.4 is 4.74 Å². The predicted octanol–water partition coefficient (Wildman–Crippen LogP) is 6.47. The largest absolute Gasteiger partial charge is 0.493 e. The molecule has 10 nitrogen and oxygen atoms in total. The second kappa shape index (κ2) is 16.5. The van der Waals surface area contributed by atoms with Gasteiger partial charge in [0.05, 0.1) is 6.61 Å². The van der Waals surface area contributed by atoms with Crippen LogP contribution in [-0.2, 0) is 49.3 Å². The molecule has 2 aliphatic rings. The second-order valence-corrected chi connectivity index (χ2v) is 12.9. The van der Waals surface area contributed by atoms with E-state index in [0.29, 0.717) is 23.6 Å². The fraction of sp³-hybridized carbons (Fsp3) is 0.556. The first kappa shape index (κ1) is 36.2. The predicted molar refractivity (Wildman–Crippen MR) is 173 cm³/mol. The summed E-state index contributed by atoms with van der Waals surface area (Å²) < 4.78 is 34.5. The van der Waals surface area contributed by atoms with Gasteiger partial charge in [-0.05, 0) is 60.6 Å². The Kier molecular flexibility index (Phi) is 12.7. The lowest BCUT2D eigenvalue weighted by atomic mass is 9.73. The van der Waals surface area contributed by atoms with Crippen molar-refractivity contribution < 1.29 is 47.6 Å². The Labute approximate surface area is 281 Å².